The van der Waals surface area contributed by atoms with Crippen LogP contribution in [0.2, 0.25) is 5.02 Å². The van der Waals surface area contributed by atoms with Crippen LogP contribution in [0.3, 0.4) is 0 Å². The van der Waals surface area contributed by atoms with E-state index < -0.39 is 11.2 Å². The van der Waals surface area contributed by atoms with Crippen molar-refractivity contribution in [2.24, 2.45) is 14.1 Å². The maximum absolute atomic E-state index is 13.0. The van der Waals surface area contributed by atoms with Crippen molar-refractivity contribution in [2.45, 2.75) is 18.1 Å². The van der Waals surface area contributed by atoms with E-state index in [0.29, 0.717) is 16.7 Å². The summed E-state index contributed by atoms with van der Waals surface area (Å²) < 4.78 is 4.11. The number of imidazole rings is 1. The van der Waals surface area contributed by atoms with Crippen molar-refractivity contribution in [2.75, 3.05) is 12.3 Å². The fourth-order valence-electron chi connectivity index (χ4n) is 3.65. The molecule has 2 heterocycles. The molecule has 0 saturated carbocycles. The molecule has 0 fully saturated rings. The second kappa shape index (κ2) is 10.3. The Morgan fingerprint density at radius 1 is 1.03 bits per heavy atom. The first-order valence-corrected chi connectivity index (χ1v) is 12.1. The van der Waals surface area contributed by atoms with Crippen molar-refractivity contribution >= 4 is 40.4 Å². The lowest BCUT2D eigenvalue weighted by molar-refractivity contribution is -0.118. The van der Waals surface area contributed by atoms with Crippen molar-refractivity contribution in [3.8, 4) is 0 Å². The summed E-state index contributed by atoms with van der Waals surface area (Å²) in [4.78, 5) is 42.4. The Bertz CT molecular complexity index is 1460. The molecule has 0 bridgehead atoms. The minimum absolute atomic E-state index is 0.120. The monoisotopic (exact) mass is 497 g/mol. The summed E-state index contributed by atoms with van der Waals surface area (Å²) in [5, 5.41) is 3.94. The summed E-state index contributed by atoms with van der Waals surface area (Å²) >= 11 is 7.58. The van der Waals surface area contributed by atoms with Crippen molar-refractivity contribution < 1.29 is 4.79 Å². The van der Waals surface area contributed by atoms with Crippen LogP contribution in [0.25, 0.3) is 11.2 Å². The number of nitrogens with one attached hydrogen (secondary N) is 1. The highest BCUT2D eigenvalue weighted by Gasteiger charge is 2.21. The molecule has 0 aliphatic carbocycles. The Kier molecular flexibility index (Phi) is 7.23. The molecule has 176 valence electrons. The number of aromatic nitrogens is 4. The van der Waals surface area contributed by atoms with Crippen LogP contribution in [-0.4, -0.2) is 36.9 Å². The van der Waals surface area contributed by atoms with Gasteiger partial charge >= 0.3 is 5.69 Å². The Hall–Kier alpha value is -3.30. The molecular formula is C24H24ClN5O3S. The number of fused-ring (bicyclic) bond motifs is 1. The van der Waals surface area contributed by atoms with E-state index in [9.17, 15) is 14.4 Å². The van der Waals surface area contributed by atoms with Crippen molar-refractivity contribution in [1.29, 1.82) is 0 Å². The topological polar surface area (TPSA) is 90.9 Å². The smallest absolute Gasteiger partial charge is 0.332 e. The van der Waals surface area contributed by atoms with E-state index in [2.05, 4.69) is 10.3 Å². The van der Waals surface area contributed by atoms with Gasteiger partial charge in [0, 0.05) is 25.7 Å². The highest BCUT2D eigenvalue weighted by Crippen LogP contribution is 2.25. The van der Waals surface area contributed by atoms with Gasteiger partial charge in [0.25, 0.3) is 5.56 Å². The second-order valence-corrected chi connectivity index (χ2v) is 9.17. The number of rotatable bonds is 8. The highest BCUT2D eigenvalue weighted by atomic mass is 35.5. The molecule has 0 atom stereocenters. The van der Waals surface area contributed by atoms with Gasteiger partial charge in [0.15, 0.2) is 16.3 Å². The van der Waals surface area contributed by atoms with Crippen LogP contribution < -0.4 is 16.6 Å². The predicted octanol–water partition coefficient (Wildman–Crippen LogP) is 2.59. The lowest BCUT2D eigenvalue weighted by atomic mass is 10.1. The molecule has 0 spiro atoms. The number of hydrogen-bond donors (Lipinski definition) is 1. The number of benzene rings is 2. The lowest BCUT2D eigenvalue weighted by Crippen LogP contribution is -2.37. The number of carbonyl (C=O) groups excluding carboxylic acids is 1. The first-order chi connectivity index (χ1) is 16.4. The van der Waals surface area contributed by atoms with Gasteiger partial charge in [-0.15, -0.1) is 0 Å². The van der Waals surface area contributed by atoms with E-state index in [1.54, 1.807) is 17.7 Å². The van der Waals surface area contributed by atoms with Crippen molar-refractivity contribution in [1.82, 2.24) is 24.0 Å². The summed E-state index contributed by atoms with van der Waals surface area (Å²) in [6, 6.07) is 17.3. The summed E-state index contributed by atoms with van der Waals surface area (Å²) in [5.74, 6) is -0.0198. The Balaban J connectivity index is 1.59. The van der Waals surface area contributed by atoms with Gasteiger partial charge in [0.1, 0.15) is 0 Å². The van der Waals surface area contributed by atoms with Gasteiger partial charge in [0.2, 0.25) is 5.91 Å². The Morgan fingerprint density at radius 2 is 1.74 bits per heavy atom. The molecular weight excluding hydrogens is 474 g/mol. The molecule has 0 unspecified atom stereocenters. The molecule has 4 aromatic rings. The zero-order chi connectivity index (χ0) is 24.2. The van der Waals surface area contributed by atoms with E-state index in [1.807, 2.05) is 48.5 Å². The summed E-state index contributed by atoms with van der Waals surface area (Å²) in [7, 11) is 3.01. The van der Waals surface area contributed by atoms with E-state index in [-0.39, 0.29) is 29.4 Å². The molecule has 0 aliphatic rings. The minimum atomic E-state index is -0.463. The maximum Gasteiger partial charge on any atom is 0.332 e. The van der Waals surface area contributed by atoms with Crippen LogP contribution in [-0.2, 0) is 31.9 Å². The first kappa shape index (κ1) is 23.8. The molecule has 8 nitrogen and oxygen atoms in total. The number of hydrogen-bond acceptors (Lipinski definition) is 5. The number of carbonyl (C=O) groups is 1. The molecule has 1 amide bonds. The Labute approximate surface area is 205 Å². The highest BCUT2D eigenvalue weighted by molar-refractivity contribution is 7.99. The molecule has 2 aromatic carbocycles. The fraction of sp³-hybridized carbons (Fsp3) is 0.250. The molecule has 4 rings (SSSR count). The molecule has 0 aliphatic heterocycles. The van der Waals surface area contributed by atoms with Gasteiger partial charge in [0.05, 0.1) is 12.3 Å². The van der Waals surface area contributed by atoms with Crippen LogP contribution in [0.15, 0.2) is 69.3 Å². The zero-order valence-electron chi connectivity index (χ0n) is 18.8. The summed E-state index contributed by atoms with van der Waals surface area (Å²) in [6.07, 6.45) is 0.737. The van der Waals surface area contributed by atoms with Gasteiger partial charge in [-0.1, -0.05) is 71.9 Å². The zero-order valence-corrected chi connectivity index (χ0v) is 20.4. The number of thioether (sulfide) groups is 1. The first-order valence-electron chi connectivity index (χ1n) is 10.7. The molecule has 10 heteroatoms. The van der Waals surface area contributed by atoms with Gasteiger partial charge < -0.3 is 9.88 Å². The van der Waals surface area contributed by atoms with Crippen LogP contribution in [0, 0.1) is 0 Å². The SMILES string of the molecule is Cn1c(=O)c2c(nc(SCC(=O)NCCc3ccccc3)n2Cc2ccccc2Cl)n(C)c1=O. The average molecular weight is 498 g/mol. The standard InChI is InChI=1S/C24H24ClN5O3S/c1-28-21-20(22(32)29(2)24(28)33)30(14-17-10-6-7-11-18(17)25)23(27-21)34-15-19(31)26-13-12-16-8-4-3-5-9-16/h3-11H,12-15H2,1-2H3,(H,26,31). The van der Waals surface area contributed by atoms with Crippen LogP contribution >= 0.6 is 23.4 Å². The number of nitrogens with zero attached hydrogens (tertiary/aromatic N) is 4. The fourth-order valence-corrected chi connectivity index (χ4v) is 4.67. The number of halogens is 1. The maximum atomic E-state index is 13.0. The third-order valence-electron chi connectivity index (χ3n) is 5.51. The number of aryl methyl sites for hydroxylation is 1. The quantitative estimate of drug-likeness (QED) is 0.378. The average Bonchev–Trinajstić information content (AvgIpc) is 3.20. The van der Waals surface area contributed by atoms with Gasteiger partial charge in [-0.2, -0.15) is 0 Å². The third-order valence-corrected chi connectivity index (χ3v) is 6.86. The molecule has 34 heavy (non-hydrogen) atoms. The van der Waals surface area contributed by atoms with Gasteiger partial charge in [-0.3, -0.25) is 18.7 Å². The molecule has 0 radical (unpaired) electrons. The third kappa shape index (κ3) is 4.95. The lowest BCUT2D eigenvalue weighted by Gasteiger charge is -2.11. The normalized spacial score (nSPS) is 11.1. The van der Waals surface area contributed by atoms with Crippen molar-refractivity contribution in [3.63, 3.8) is 0 Å². The van der Waals surface area contributed by atoms with Gasteiger partial charge in [-0.25, -0.2) is 9.78 Å². The molecule has 1 N–H and O–H groups in total. The van der Waals surface area contributed by atoms with E-state index in [1.165, 1.54) is 23.4 Å². The van der Waals surface area contributed by atoms with Crippen molar-refractivity contribution in [3.05, 3.63) is 91.6 Å². The predicted molar refractivity (Wildman–Crippen MR) is 135 cm³/mol. The summed E-state index contributed by atoms with van der Waals surface area (Å²) in [5.41, 5.74) is 1.60. The minimum Gasteiger partial charge on any atom is -0.355 e. The number of amides is 1. The summed E-state index contributed by atoms with van der Waals surface area (Å²) in [6.45, 7) is 0.802. The van der Waals surface area contributed by atoms with Crippen LogP contribution in [0.4, 0.5) is 0 Å². The Morgan fingerprint density at radius 3 is 2.47 bits per heavy atom. The molecule has 0 saturated heterocycles. The second-order valence-electron chi connectivity index (χ2n) is 7.82. The van der Waals surface area contributed by atoms with E-state index in [4.69, 9.17) is 11.6 Å². The van der Waals surface area contributed by atoms with E-state index in [0.717, 1.165) is 22.1 Å². The van der Waals surface area contributed by atoms with Crippen LogP contribution in [0.5, 0.6) is 0 Å². The van der Waals surface area contributed by atoms with Crippen LogP contribution in [0.1, 0.15) is 11.1 Å². The van der Waals surface area contributed by atoms with Gasteiger partial charge in [-0.05, 0) is 23.6 Å². The largest absolute Gasteiger partial charge is 0.355 e. The van der Waals surface area contributed by atoms with E-state index >= 15 is 0 Å². The molecule has 2 aromatic heterocycles.